The summed E-state index contributed by atoms with van der Waals surface area (Å²) in [6.45, 7) is 39.6. The molecule has 9 heteroatoms. The molecule has 12 bridgehead atoms. The van der Waals surface area contributed by atoms with Gasteiger partial charge in [-0.15, -0.1) is 0 Å². The molecule has 3 N–H and O–H groups in total. The van der Waals surface area contributed by atoms with Gasteiger partial charge < -0.3 is 24.0 Å². The van der Waals surface area contributed by atoms with Crippen LogP contribution in [0.1, 0.15) is 169 Å². The molecule has 0 radical (unpaired) electrons. The van der Waals surface area contributed by atoms with Gasteiger partial charge in [-0.3, -0.25) is 4.98 Å². The highest BCUT2D eigenvalue weighted by molar-refractivity contribution is 6.20. The summed E-state index contributed by atoms with van der Waals surface area (Å²) in [5, 5.41) is 31.5. The fraction of sp³-hybridized carbons (Fsp3) is 0.410. The normalized spacial score (nSPS) is 14.2. The quantitative estimate of drug-likeness (QED) is 0.137. The molecule has 0 spiro atoms. The van der Waals surface area contributed by atoms with Gasteiger partial charge in [0.25, 0.3) is 0 Å². The summed E-state index contributed by atoms with van der Waals surface area (Å²) >= 11 is 0. The van der Waals surface area contributed by atoms with Gasteiger partial charge in [0.15, 0.2) is 11.2 Å². The lowest BCUT2D eigenvalue weighted by Gasteiger charge is -2.24. The number of nitrogens with one attached hydrogen (secondary N) is 1. The SMILES string of the molecule is CC(C)(C)c1cc2c3nc4c(c(C(C)(C)C)cc5cc(C(C)(C)C)c6oc(nc6c54)c4cc(C(C)(C)C)cc(c4O)c4nc5c([nH]4)c(C(C)(C)C)cc4cc(C(C)(C)C)c6oc(nc6c45)c(c1)c2O)C3. The van der Waals surface area contributed by atoms with E-state index in [1.54, 1.807) is 0 Å². The second kappa shape index (κ2) is 14.1. The van der Waals surface area contributed by atoms with Crippen LogP contribution in [0.3, 0.4) is 0 Å². The first-order valence-electron chi connectivity index (χ1n) is 24.9. The molecule has 360 valence electrons. The number of fused-ring (bicyclic) bond motifs is 12. The van der Waals surface area contributed by atoms with Gasteiger partial charge in [0.2, 0.25) is 11.4 Å². The van der Waals surface area contributed by atoms with Crippen molar-refractivity contribution in [2.24, 2.45) is 0 Å². The van der Waals surface area contributed by atoms with Gasteiger partial charge in [-0.25, -0.2) is 15.0 Å². The molecular formula is C61H67N5O4. The Labute approximate surface area is 409 Å². The number of hydrogen-bond acceptors (Lipinski definition) is 8. The Bertz CT molecular complexity index is 4040. The van der Waals surface area contributed by atoms with Crippen molar-refractivity contribution in [2.45, 2.75) is 164 Å². The molecule has 0 amide bonds. The van der Waals surface area contributed by atoms with E-state index in [-0.39, 0.29) is 44.0 Å². The molecule has 1 aliphatic rings. The number of aromatic nitrogens is 5. The number of rotatable bonds is 0. The van der Waals surface area contributed by atoms with E-state index in [0.29, 0.717) is 72.8 Å². The van der Waals surface area contributed by atoms with Crippen LogP contribution < -0.4 is 0 Å². The number of imidazole rings is 1. The van der Waals surface area contributed by atoms with Crippen molar-refractivity contribution in [3.8, 4) is 11.5 Å². The van der Waals surface area contributed by atoms with E-state index >= 15 is 0 Å². The maximum absolute atomic E-state index is 12.9. The Hall–Kier alpha value is -6.48. The van der Waals surface area contributed by atoms with E-state index in [1.807, 2.05) is 18.2 Å². The molecule has 4 aromatic heterocycles. The summed E-state index contributed by atoms with van der Waals surface area (Å²) in [6, 6.07) is 17.2. The smallest absolute Gasteiger partial charge is 0.231 e. The highest BCUT2D eigenvalue weighted by Gasteiger charge is 2.33. The van der Waals surface area contributed by atoms with Crippen LogP contribution in [-0.2, 0) is 38.9 Å². The number of aromatic amines is 1. The van der Waals surface area contributed by atoms with Crippen LogP contribution >= 0.6 is 0 Å². The molecule has 0 unspecified atom stereocenters. The summed E-state index contributed by atoms with van der Waals surface area (Å²) in [4.78, 5) is 25.7. The van der Waals surface area contributed by atoms with Crippen LogP contribution in [0.15, 0.2) is 57.4 Å². The highest BCUT2D eigenvalue weighted by atomic mass is 16.3. The molecule has 9 nitrogen and oxygen atoms in total. The number of phenols is 2. The Morgan fingerprint density at radius 3 is 1.31 bits per heavy atom. The van der Waals surface area contributed by atoms with Crippen molar-refractivity contribution in [1.29, 1.82) is 0 Å². The number of phenolic OH excluding ortho intramolecular Hbond substituents is 2. The second-order valence-electron chi connectivity index (χ2n) is 26.5. The summed E-state index contributed by atoms with van der Waals surface area (Å²) in [6.07, 6.45) is 0.491. The van der Waals surface area contributed by atoms with E-state index in [2.05, 4.69) is 160 Å². The predicted octanol–water partition coefficient (Wildman–Crippen LogP) is 16.4. The molecular weight excluding hydrogens is 867 g/mol. The molecule has 6 aromatic carbocycles. The largest absolute Gasteiger partial charge is 0.506 e. The third-order valence-corrected chi connectivity index (χ3v) is 14.9. The fourth-order valence-corrected chi connectivity index (χ4v) is 10.8. The molecule has 70 heavy (non-hydrogen) atoms. The fourth-order valence-electron chi connectivity index (χ4n) is 10.8. The number of oxazole rings is 2. The Kier molecular flexibility index (Phi) is 9.26. The predicted molar refractivity (Wildman–Crippen MR) is 290 cm³/mol. The van der Waals surface area contributed by atoms with Crippen LogP contribution in [0.5, 0.6) is 11.5 Å². The van der Waals surface area contributed by atoms with Gasteiger partial charge in [0, 0.05) is 33.7 Å². The van der Waals surface area contributed by atoms with Gasteiger partial charge >= 0.3 is 0 Å². The van der Waals surface area contributed by atoms with Gasteiger partial charge in [0.1, 0.15) is 28.2 Å². The van der Waals surface area contributed by atoms with Crippen molar-refractivity contribution < 1.29 is 19.0 Å². The van der Waals surface area contributed by atoms with Crippen LogP contribution in [0.25, 0.3) is 98.9 Å². The summed E-state index contributed by atoms with van der Waals surface area (Å²) in [5.41, 5.74) is 12.4. The number of aromatic hydroxyl groups is 2. The number of benzene rings is 6. The second-order valence-corrected chi connectivity index (χ2v) is 26.5. The van der Waals surface area contributed by atoms with Crippen molar-refractivity contribution >= 4 is 98.9 Å². The van der Waals surface area contributed by atoms with Crippen LogP contribution in [0.2, 0.25) is 0 Å². The first kappa shape index (κ1) is 45.9. The van der Waals surface area contributed by atoms with Gasteiger partial charge in [0.05, 0.1) is 38.4 Å². The van der Waals surface area contributed by atoms with Crippen molar-refractivity contribution in [3.63, 3.8) is 0 Å². The molecule has 0 atom stereocenters. The third-order valence-electron chi connectivity index (χ3n) is 14.9. The number of H-pyrrole nitrogens is 1. The van der Waals surface area contributed by atoms with Crippen LogP contribution in [0.4, 0.5) is 0 Å². The average Bonchev–Trinajstić information content (AvgIpc) is 4.04. The maximum atomic E-state index is 12.9. The zero-order chi connectivity index (χ0) is 50.5. The summed E-state index contributed by atoms with van der Waals surface area (Å²) < 4.78 is 14.1. The Morgan fingerprint density at radius 2 is 0.843 bits per heavy atom. The topological polar surface area (TPSA) is 134 Å². The van der Waals surface area contributed by atoms with E-state index < -0.39 is 0 Å². The lowest BCUT2D eigenvalue weighted by molar-refractivity contribution is 0.484. The van der Waals surface area contributed by atoms with Gasteiger partial charge in [-0.1, -0.05) is 131 Å². The zero-order valence-electron chi connectivity index (χ0n) is 44.3. The van der Waals surface area contributed by atoms with E-state index in [0.717, 1.165) is 71.7 Å². The molecule has 11 rings (SSSR count). The summed E-state index contributed by atoms with van der Waals surface area (Å²) in [5.74, 6) is 0.0859. The monoisotopic (exact) mass is 934 g/mol. The van der Waals surface area contributed by atoms with Gasteiger partial charge in [-0.05, 0) is 114 Å². The minimum Gasteiger partial charge on any atom is -0.506 e. The molecule has 0 saturated carbocycles. The molecule has 1 aliphatic heterocycles. The first-order valence-corrected chi connectivity index (χ1v) is 24.9. The lowest BCUT2D eigenvalue weighted by Crippen LogP contribution is -2.15. The van der Waals surface area contributed by atoms with Crippen molar-refractivity contribution in [1.82, 2.24) is 24.9 Å². The average molecular weight is 934 g/mol. The van der Waals surface area contributed by atoms with Crippen molar-refractivity contribution in [2.75, 3.05) is 0 Å². The Morgan fingerprint density at radius 1 is 0.429 bits per heavy atom. The van der Waals surface area contributed by atoms with E-state index in [9.17, 15) is 10.2 Å². The third kappa shape index (κ3) is 6.84. The zero-order valence-corrected chi connectivity index (χ0v) is 44.3. The highest BCUT2D eigenvalue weighted by Crippen LogP contribution is 2.48. The van der Waals surface area contributed by atoms with Crippen molar-refractivity contribution in [3.05, 3.63) is 93.2 Å². The molecule has 5 heterocycles. The molecule has 10 aromatic rings. The minimum absolute atomic E-state index is 0.0179. The molecule has 0 fully saturated rings. The maximum Gasteiger partial charge on any atom is 0.231 e. The lowest BCUT2D eigenvalue weighted by atomic mass is 9.79. The van der Waals surface area contributed by atoms with E-state index in [4.69, 9.17) is 28.8 Å². The summed E-state index contributed by atoms with van der Waals surface area (Å²) in [7, 11) is 0. The molecule has 0 saturated heterocycles. The first-order chi connectivity index (χ1) is 32.3. The Balaban J connectivity index is 1.48. The van der Waals surface area contributed by atoms with Crippen LogP contribution in [-0.4, -0.2) is 35.1 Å². The minimum atomic E-state index is -0.338. The van der Waals surface area contributed by atoms with E-state index in [1.165, 1.54) is 5.56 Å². The number of nitrogens with zero attached hydrogens (tertiary/aromatic N) is 4. The van der Waals surface area contributed by atoms with Crippen LogP contribution in [0, 0.1) is 0 Å². The standard InChI is InChI=1S/C61H67N5O4/c1-56(2,3)30-23-33-41-27-32-37(58(7,8)9)19-28-21-39(60(13,14)15)51-47(42(28)44(32)62-41)65-55(69-51)36-26-31(57(4,5)6)24-34(50(36)68)53-63-45-38(59(10,11)12)20-29-22-40(61(16,17)18)52-48(43(29)46(45)64-53)66-54(70-52)35(25-30)49(33)67/h19-26,67-68H,27H2,1-18H3,(H,63,64). The number of hydrogen-bond donors (Lipinski definition) is 3. The van der Waals surface area contributed by atoms with Gasteiger partial charge in [-0.2, -0.15) is 0 Å². The molecule has 0 aliphatic carbocycles.